The first kappa shape index (κ1) is 24.5. The molecule has 2 N–H and O–H groups in total. The molecule has 0 bridgehead atoms. The van der Waals surface area contributed by atoms with E-state index in [1.807, 2.05) is 0 Å². The number of aliphatic hydroxyl groups excluding tert-OH is 1. The number of fused-ring (bicyclic) bond motifs is 1. The maximum Gasteiger partial charge on any atom is 0.416 e. The molecule has 2 atom stereocenters. The normalized spacial score (nSPS) is 22.2. The number of imide groups is 1. The van der Waals surface area contributed by atoms with Crippen LogP contribution in [0.4, 0.5) is 22.4 Å². The minimum absolute atomic E-state index is 0.119. The van der Waals surface area contributed by atoms with Crippen molar-refractivity contribution in [2.24, 2.45) is 0 Å². The van der Waals surface area contributed by atoms with E-state index >= 15 is 0 Å². The van der Waals surface area contributed by atoms with Gasteiger partial charge in [0.25, 0.3) is 11.1 Å². The van der Waals surface area contributed by atoms with Gasteiger partial charge in [-0.15, -0.1) is 0 Å². The Morgan fingerprint density at radius 1 is 1.19 bits per heavy atom. The number of benzene rings is 2. The van der Waals surface area contributed by atoms with Crippen LogP contribution in [0, 0.1) is 5.82 Å². The number of aromatic nitrogens is 2. The Morgan fingerprint density at radius 2 is 2.00 bits per heavy atom. The Balaban J connectivity index is 1.40. The lowest BCUT2D eigenvalue weighted by atomic mass is 10.0. The molecule has 0 aliphatic carbocycles. The number of carbonyl (C=O) groups excluding carboxylic acids is 2. The monoisotopic (exact) mass is 520 g/mol. The van der Waals surface area contributed by atoms with Crippen LogP contribution in [0.2, 0.25) is 0 Å². The van der Waals surface area contributed by atoms with Crippen molar-refractivity contribution in [3.05, 3.63) is 70.0 Å². The highest BCUT2D eigenvalue weighted by atomic mass is 32.2. The molecule has 188 valence electrons. The van der Waals surface area contributed by atoms with E-state index < -0.39 is 40.8 Å². The van der Waals surface area contributed by atoms with Crippen LogP contribution in [-0.4, -0.2) is 56.2 Å². The molecule has 2 aliphatic heterocycles. The van der Waals surface area contributed by atoms with Gasteiger partial charge in [0.1, 0.15) is 5.82 Å². The lowest BCUT2D eigenvalue weighted by molar-refractivity contribution is -0.138. The highest BCUT2D eigenvalue weighted by molar-refractivity contribution is 8.18. The summed E-state index contributed by atoms with van der Waals surface area (Å²) in [6.07, 6.45) is -2.01. The van der Waals surface area contributed by atoms with Gasteiger partial charge in [-0.25, -0.2) is 4.39 Å². The fourth-order valence-corrected chi connectivity index (χ4v) is 5.33. The van der Waals surface area contributed by atoms with Crippen LogP contribution < -0.4 is 5.32 Å². The van der Waals surface area contributed by atoms with Crippen molar-refractivity contribution in [3.8, 4) is 0 Å². The Bertz CT molecular complexity index is 1390. The summed E-state index contributed by atoms with van der Waals surface area (Å²) in [4.78, 5) is 26.7. The van der Waals surface area contributed by atoms with Gasteiger partial charge in [-0.3, -0.25) is 19.2 Å². The van der Waals surface area contributed by atoms with Crippen LogP contribution in [-0.2, 0) is 17.5 Å². The van der Waals surface area contributed by atoms with Gasteiger partial charge in [0.2, 0.25) is 0 Å². The number of thioether (sulfide) groups is 1. The molecule has 0 radical (unpaired) electrons. The molecular weight excluding hydrogens is 500 g/mol. The molecular formula is C24H20F4N4O3S. The molecule has 7 nitrogen and oxygen atoms in total. The van der Waals surface area contributed by atoms with Crippen molar-refractivity contribution < 1.29 is 32.3 Å². The highest BCUT2D eigenvalue weighted by Crippen LogP contribution is 2.36. The Hall–Kier alpha value is -3.22. The van der Waals surface area contributed by atoms with Crippen molar-refractivity contribution in [3.63, 3.8) is 0 Å². The van der Waals surface area contributed by atoms with E-state index in [0.29, 0.717) is 42.0 Å². The minimum Gasteiger partial charge on any atom is -0.391 e. The first-order valence-corrected chi connectivity index (χ1v) is 11.9. The number of amides is 2. The average molecular weight is 521 g/mol. The van der Waals surface area contributed by atoms with Gasteiger partial charge in [0.05, 0.1) is 40.9 Å². The third-order valence-corrected chi connectivity index (χ3v) is 7.11. The lowest BCUT2D eigenvalue weighted by Gasteiger charge is -2.33. The summed E-state index contributed by atoms with van der Waals surface area (Å²) in [5.41, 5.74) is -0.0236. The summed E-state index contributed by atoms with van der Waals surface area (Å²) in [5.74, 6) is -1.45. The number of carbonyl (C=O) groups is 2. The SMILES string of the molecule is O=C1SC(=Cc2ccc3c(cnn3Cc3ccc(F)cc3C(F)(F)F)c2)C(=O)N1[C@@H]1CNCC[C@H]1O. The van der Waals surface area contributed by atoms with Crippen molar-refractivity contribution in [2.75, 3.05) is 13.1 Å². The number of nitrogens with zero attached hydrogens (tertiary/aromatic N) is 3. The summed E-state index contributed by atoms with van der Waals surface area (Å²) in [5, 5.41) is 17.7. The summed E-state index contributed by atoms with van der Waals surface area (Å²) in [6.45, 7) is 0.715. The topological polar surface area (TPSA) is 87.5 Å². The first-order chi connectivity index (χ1) is 17.1. The van der Waals surface area contributed by atoms with Crippen molar-refractivity contribution >= 4 is 39.9 Å². The number of piperidine rings is 1. The van der Waals surface area contributed by atoms with Crippen LogP contribution in [0.3, 0.4) is 0 Å². The molecule has 2 aromatic carbocycles. The zero-order valence-electron chi connectivity index (χ0n) is 18.6. The van der Waals surface area contributed by atoms with Crippen LogP contribution in [0.15, 0.2) is 47.5 Å². The van der Waals surface area contributed by atoms with E-state index in [9.17, 15) is 32.3 Å². The molecule has 3 aromatic rings. The average Bonchev–Trinajstić information content (AvgIpc) is 3.34. The quantitative estimate of drug-likeness (QED) is 0.400. The van der Waals surface area contributed by atoms with Gasteiger partial charge in [0, 0.05) is 11.9 Å². The minimum atomic E-state index is -4.71. The van der Waals surface area contributed by atoms with E-state index in [-0.39, 0.29) is 17.0 Å². The van der Waals surface area contributed by atoms with E-state index in [1.165, 1.54) is 10.9 Å². The van der Waals surface area contributed by atoms with Gasteiger partial charge in [0.15, 0.2) is 0 Å². The smallest absolute Gasteiger partial charge is 0.391 e. The molecule has 2 fully saturated rings. The second-order valence-electron chi connectivity index (χ2n) is 8.60. The molecule has 2 aliphatic rings. The zero-order chi connectivity index (χ0) is 25.6. The Labute approximate surface area is 206 Å². The van der Waals surface area contributed by atoms with Crippen LogP contribution in [0.5, 0.6) is 0 Å². The van der Waals surface area contributed by atoms with Gasteiger partial charge < -0.3 is 10.4 Å². The summed E-state index contributed by atoms with van der Waals surface area (Å²) in [7, 11) is 0. The zero-order valence-corrected chi connectivity index (χ0v) is 19.4. The lowest BCUT2D eigenvalue weighted by Crippen LogP contribution is -2.55. The molecule has 3 heterocycles. The summed E-state index contributed by atoms with van der Waals surface area (Å²) >= 11 is 0.791. The van der Waals surface area contributed by atoms with Crippen LogP contribution in [0.25, 0.3) is 17.0 Å². The van der Waals surface area contributed by atoms with Gasteiger partial charge in [-0.1, -0.05) is 12.1 Å². The van der Waals surface area contributed by atoms with Crippen molar-refractivity contribution in [1.29, 1.82) is 0 Å². The van der Waals surface area contributed by atoms with Crippen LogP contribution in [0.1, 0.15) is 23.1 Å². The van der Waals surface area contributed by atoms with E-state index in [0.717, 1.165) is 28.8 Å². The largest absolute Gasteiger partial charge is 0.416 e. The molecule has 2 saturated heterocycles. The van der Waals surface area contributed by atoms with E-state index in [2.05, 4.69) is 10.4 Å². The number of hydrogen-bond acceptors (Lipinski definition) is 6. The van der Waals surface area contributed by atoms with Crippen molar-refractivity contribution in [2.45, 2.75) is 31.3 Å². The molecule has 36 heavy (non-hydrogen) atoms. The maximum atomic E-state index is 13.4. The number of hydrogen-bond donors (Lipinski definition) is 2. The van der Waals surface area contributed by atoms with Gasteiger partial charge in [-0.2, -0.15) is 18.3 Å². The molecule has 0 spiro atoms. The van der Waals surface area contributed by atoms with Crippen LogP contribution >= 0.6 is 11.8 Å². The predicted molar refractivity (Wildman–Crippen MR) is 125 cm³/mol. The van der Waals surface area contributed by atoms with Gasteiger partial charge in [-0.05, 0) is 66.2 Å². The van der Waals surface area contributed by atoms with Gasteiger partial charge >= 0.3 is 6.18 Å². The third-order valence-electron chi connectivity index (χ3n) is 6.23. The number of rotatable bonds is 4. The second kappa shape index (κ2) is 9.34. The number of aliphatic hydroxyl groups is 1. The predicted octanol–water partition coefficient (Wildman–Crippen LogP) is 4.00. The third kappa shape index (κ3) is 4.63. The Morgan fingerprint density at radius 3 is 2.75 bits per heavy atom. The van der Waals surface area contributed by atoms with Crippen molar-refractivity contribution in [1.82, 2.24) is 20.0 Å². The molecule has 12 heteroatoms. The Kier molecular flexibility index (Phi) is 6.35. The highest BCUT2D eigenvalue weighted by Gasteiger charge is 2.43. The molecule has 5 rings (SSSR count). The maximum absolute atomic E-state index is 13.4. The van der Waals surface area contributed by atoms with E-state index in [1.54, 1.807) is 24.3 Å². The fraction of sp³-hybridized carbons (Fsp3) is 0.292. The second-order valence-corrected chi connectivity index (χ2v) is 9.59. The standard InChI is InChI=1S/C24H20F4N4O3S/c25-16-3-2-14(17(9-16)24(26,27)28)12-31-18-4-1-13(7-15(18)10-30-31)8-21-22(34)32(23(35)36-21)19-11-29-6-5-20(19)33/h1-4,7-10,19-20,29,33H,5-6,11-12H2/t19-,20-/m1/s1. The molecule has 1 aromatic heterocycles. The number of halogens is 4. The fourth-order valence-electron chi connectivity index (χ4n) is 4.44. The molecule has 2 amide bonds. The van der Waals surface area contributed by atoms with E-state index in [4.69, 9.17) is 0 Å². The summed E-state index contributed by atoms with van der Waals surface area (Å²) < 4.78 is 54.9. The molecule has 0 unspecified atom stereocenters. The number of alkyl halides is 3. The molecule has 0 saturated carbocycles. The number of nitrogens with one attached hydrogen (secondary N) is 1. The first-order valence-electron chi connectivity index (χ1n) is 11.1. The summed E-state index contributed by atoms with van der Waals surface area (Å²) in [6, 6.07) is 6.93.